The van der Waals surface area contributed by atoms with Crippen LogP contribution >= 0.6 is 0 Å². The van der Waals surface area contributed by atoms with Crippen LogP contribution in [0.15, 0.2) is 18.2 Å². The normalized spacial score (nSPS) is 11.5. The highest BCUT2D eigenvalue weighted by molar-refractivity contribution is 5.94. The quantitative estimate of drug-likeness (QED) is 0.817. The Labute approximate surface area is 118 Å². The maximum absolute atomic E-state index is 13.9. The van der Waals surface area contributed by atoms with Gasteiger partial charge in [0.2, 0.25) is 0 Å². The molecule has 8 heteroatoms. The van der Waals surface area contributed by atoms with Crippen molar-refractivity contribution in [3.05, 3.63) is 35.1 Å². The number of aliphatic hydroxyl groups is 1. The lowest BCUT2D eigenvalue weighted by molar-refractivity contribution is -0.140. The number of halogens is 4. The van der Waals surface area contributed by atoms with E-state index in [0.29, 0.717) is 6.07 Å². The van der Waals surface area contributed by atoms with E-state index in [1.165, 1.54) is 7.11 Å². The molecular formula is C13H15F4NO3. The second-order valence-electron chi connectivity index (χ2n) is 4.17. The molecular weight excluding hydrogens is 294 g/mol. The Morgan fingerprint density at radius 1 is 1.33 bits per heavy atom. The summed E-state index contributed by atoms with van der Waals surface area (Å²) in [6, 6.07) is 2.51. The van der Waals surface area contributed by atoms with Gasteiger partial charge in [0.15, 0.2) is 0 Å². The zero-order valence-corrected chi connectivity index (χ0v) is 11.3. The van der Waals surface area contributed by atoms with E-state index in [0.717, 1.165) is 17.0 Å². The number of benzene rings is 1. The predicted octanol–water partition coefficient (Wildman–Crippen LogP) is 1.93. The topological polar surface area (TPSA) is 49.8 Å². The maximum Gasteiger partial charge on any atom is 0.419 e. The van der Waals surface area contributed by atoms with E-state index < -0.39 is 35.6 Å². The second kappa shape index (κ2) is 7.37. The van der Waals surface area contributed by atoms with Crippen LogP contribution in [0.25, 0.3) is 0 Å². The highest BCUT2D eigenvalue weighted by Gasteiger charge is 2.36. The van der Waals surface area contributed by atoms with Crippen LogP contribution in [0.1, 0.15) is 15.9 Å². The predicted molar refractivity (Wildman–Crippen MR) is 66.3 cm³/mol. The lowest BCUT2D eigenvalue weighted by atomic mass is 10.1. The summed E-state index contributed by atoms with van der Waals surface area (Å²) < 4.78 is 56.5. The minimum Gasteiger partial charge on any atom is -0.395 e. The van der Waals surface area contributed by atoms with Gasteiger partial charge < -0.3 is 14.7 Å². The highest BCUT2D eigenvalue weighted by atomic mass is 19.4. The van der Waals surface area contributed by atoms with Crippen molar-refractivity contribution in [1.82, 2.24) is 4.90 Å². The zero-order valence-electron chi connectivity index (χ0n) is 11.3. The molecule has 118 valence electrons. The summed E-state index contributed by atoms with van der Waals surface area (Å²) in [5.74, 6) is -2.54. The van der Waals surface area contributed by atoms with E-state index in [9.17, 15) is 22.4 Å². The molecule has 0 fully saturated rings. The summed E-state index contributed by atoms with van der Waals surface area (Å²) in [7, 11) is 1.38. The first kappa shape index (κ1) is 17.4. The minimum absolute atomic E-state index is 0.0333. The lowest BCUT2D eigenvalue weighted by Crippen LogP contribution is -2.37. The third kappa shape index (κ3) is 4.40. The smallest absolute Gasteiger partial charge is 0.395 e. The molecule has 0 aliphatic rings. The van der Waals surface area contributed by atoms with Crippen LogP contribution in [0.2, 0.25) is 0 Å². The van der Waals surface area contributed by atoms with Gasteiger partial charge in [-0.1, -0.05) is 6.07 Å². The minimum atomic E-state index is -4.88. The Bertz CT molecular complexity index is 491. The average molecular weight is 309 g/mol. The zero-order chi connectivity index (χ0) is 16.0. The first-order chi connectivity index (χ1) is 9.82. The molecule has 0 aliphatic carbocycles. The molecule has 0 unspecified atom stereocenters. The fourth-order valence-corrected chi connectivity index (χ4v) is 1.72. The van der Waals surface area contributed by atoms with Gasteiger partial charge in [0.25, 0.3) is 5.91 Å². The molecule has 0 aromatic heterocycles. The molecule has 1 rings (SSSR count). The SMILES string of the molecule is COCCN(CCO)C(=O)c1cccc(C(F)(F)F)c1F. The lowest BCUT2D eigenvalue weighted by Gasteiger charge is -2.22. The summed E-state index contributed by atoms with van der Waals surface area (Å²) >= 11 is 0. The van der Waals surface area contributed by atoms with E-state index in [2.05, 4.69) is 0 Å². The van der Waals surface area contributed by atoms with E-state index in [1.54, 1.807) is 0 Å². The summed E-state index contributed by atoms with van der Waals surface area (Å²) in [5.41, 5.74) is -2.18. The van der Waals surface area contributed by atoms with Gasteiger partial charge in [-0.2, -0.15) is 13.2 Å². The molecule has 0 atom stereocenters. The van der Waals surface area contributed by atoms with Gasteiger partial charge in [-0.15, -0.1) is 0 Å². The Kier molecular flexibility index (Phi) is 6.10. The molecule has 0 bridgehead atoms. The number of hydrogen-bond donors (Lipinski definition) is 1. The maximum atomic E-state index is 13.9. The van der Waals surface area contributed by atoms with Gasteiger partial charge in [0.05, 0.1) is 24.3 Å². The van der Waals surface area contributed by atoms with E-state index >= 15 is 0 Å². The first-order valence-corrected chi connectivity index (χ1v) is 6.07. The van der Waals surface area contributed by atoms with Gasteiger partial charge in [-0.05, 0) is 12.1 Å². The largest absolute Gasteiger partial charge is 0.419 e. The molecule has 1 aromatic carbocycles. The van der Waals surface area contributed by atoms with Gasteiger partial charge in [0.1, 0.15) is 5.82 Å². The van der Waals surface area contributed by atoms with Crippen molar-refractivity contribution in [2.75, 3.05) is 33.4 Å². The summed E-state index contributed by atoms with van der Waals surface area (Å²) in [5, 5.41) is 8.88. The summed E-state index contributed by atoms with van der Waals surface area (Å²) in [6.45, 7) is -0.369. The molecule has 0 radical (unpaired) electrons. The average Bonchev–Trinajstić information content (AvgIpc) is 2.41. The molecule has 0 saturated heterocycles. The third-order valence-electron chi connectivity index (χ3n) is 2.76. The Morgan fingerprint density at radius 2 is 2.00 bits per heavy atom. The fourth-order valence-electron chi connectivity index (χ4n) is 1.72. The number of hydrogen-bond acceptors (Lipinski definition) is 3. The first-order valence-electron chi connectivity index (χ1n) is 6.07. The number of methoxy groups -OCH3 is 1. The van der Waals surface area contributed by atoms with Crippen molar-refractivity contribution < 1.29 is 32.2 Å². The van der Waals surface area contributed by atoms with Gasteiger partial charge in [-0.25, -0.2) is 4.39 Å². The molecule has 0 spiro atoms. The number of rotatable bonds is 6. The van der Waals surface area contributed by atoms with Crippen molar-refractivity contribution in [3.63, 3.8) is 0 Å². The molecule has 1 N–H and O–H groups in total. The van der Waals surface area contributed by atoms with E-state index in [4.69, 9.17) is 9.84 Å². The van der Waals surface area contributed by atoms with Gasteiger partial charge in [0, 0.05) is 20.2 Å². The van der Waals surface area contributed by atoms with Crippen LogP contribution in [-0.2, 0) is 10.9 Å². The van der Waals surface area contributed by atoms with Crippen LogP contribution in [0, 0.1) is 5.82 Å². The van der Waals surface area contributed by atoms with Crippen molar-refractivity contribution >= 4 is 5.91 Å². The molecule has 4 nitrogen and oxygen atoms in total. The highest BCUT2D eigenvalue weighted by Crippen LogP contribution is 2.32. The number of carbonyl (C=O) groups excluding carboxylic acids is 1. The Morgan fingerprint density at radius 3 is 2.52 bits per heavy atom. The van der Waals surface area contributed by atoms with Crippen molar-refractivity contribution in [3.8, 4) is 0 Å². The molecule has 0 heterocycles. The van der Waals surface area contributed by atoms with Crippen LogP contribution in [0.4, 0.5) is 17.6 Å². The standard InChI is InChI=1S/C13H15F4NO3/c1-21-8-6-18(5-7-19)12(20)9-3-2-4-10(11(9)14)13(15,16)17/h2-4,19H,5-8H2,1H3. The molecule has 1 amide bonds. The van der Waals surface area contributed by atoms with E-state index in [1.807, 2.05) is 0 Å². The van der Waals surface area contributed by atoms with E-state index in [-0.39, 0.29) is 19.7 Å². The number of aliphatic hydroxyl groups excluding tert-OH is 1. The molecule has 1 aromatic rings. The number of carbonyl (C=O) groups is 1. The third-order valence-corrected chi connectivity index (χ3v) is 2.76. The van der Waals surface area contributed by atoms with Crippen molar-refractivity contribution in [2.45, 2.75) is 6.18 Å². The molecule has 0 aliphatic heterocycles. The van der Waals surface area contributed by atoms with Crippen LogP contribution in [0.3, 0.4) is 0 Å². The Hall–Kier alpha value is -1.67. The molecule has 0 saturated carbocycles. The Balaban J connectivity index is 3.10. The van der Waals surface area contributed by atoms with Crippen LogP contribution < -0.4 is 0 Å². The number of alkyl halides is 3. The van der Waals surface area contributed by atoms with Crippen molar-refractivity contribution in [1.29, 1.82) is 0 Å². The second-order valence-corrected chi connectivity index (χ2v) is 4.17. The monoisotopic (exact) mass is 309 g/mol. The van der Waals surface area contributed by atoms with Gasteiger partial charge in [-0.3, -0.25) is 4.79 Å². The fraction of sp³-hybridized carbons (Fsp3) is 0.462. The van der Waals surface area contributed by atoms with Crippen LogP contribution in [0.5, 0.6) is 0 Å². The summed E-state index contributed by atoms with van der Waals surface area (Å²) in [6.07, 6.45) is -4.88. The number of ether oxygens (including phenoxy) is 1. The van der Waals surface area contributed by atoms with Gasteiger partial charge >= 0.3 is 6.18 Å². The summed E-state index contributed by atoms with van der Waals surface area (Å²) in [4.78, 5) is 13.1. The van der Waals surface area contributed by atoms with Crippen LogP contribution in [-0.4, -0.2) is 49.3 Å². The number of amides is 1. The van der Waals surface area contributed by atoms with Crippen molar-refractivity contribution in [2.24, 2.45) is 0 Å². The molecule has 21 heavy (non-hydrogen) atoms. The number of nitrogens with zero attached hydrogens (tertiary/aromatic N) is 1.